The average Bonchev–Trinajstić information content (AvgIpc) is 2.84. The Balaban J connectivity index is 0. The highest BCUT2D eigenvalue weighted by atomic mass is 16.7. The topological polar surface area (TPSA) is 102 Å². The number of rotatable bonds is 0. The summed E-state index contributed by atoms with van der Waals surface area (Å²) in [6.07, 6.45) is 0. The van der Waals surface area contributed by atoms with Gasteiger partial charge in [0, 0.05) is 5.41 Å². The minimum Gasteiger partial charge on any atom is -0.361 e. The van der Waals surface area contributed by atoms with Gasteiger partial charge < -0.3 is 9.36 Å². The van der Waals surface area contributed by atoms with Gasteiger partial charge in [-0.15, -0.1) is 4.74 Å². The third kappa shape index (κ3) is 6.58. The van der Waals surface area contributed by atoms with Crippen LogP contribution in [0, 0.1) is 5.41 Å². The lowest BCUT2D eigenvalue weighted by Gasteiger charge is -2.16. The van der Waals surface area contributed by atoms with Gasteiger partial charge in [0.05, 0.1) is 5.54 Å². The molecule has 1 aliphatic heterocycles. The van der Waals surface area contributed by atoms with Crippen molar-refractivity contribution in [1.82, 2.24) is 15.2 Å². The van der Waals surface area contributed by atoms with E-state index < -0.39 is 17.0 Å². The Bertz CT molecular complexity index is 650. The molecule has 0 radical (unpaired) electrons. The van der Waals surface area contributed by atoms with E-state index in [1.165, 1.54) is 0 Å². The van der Waals surface area contributed by atoms with Crippen LogP contribution in [0.2, 0.25) is 0 Å². The Hall–Kier alpha value is -2.25. The fraction of sp³-hybridized carbons (Fsp3) is 0.667. The molecule has 0 aliphatic carbocycles. The van der Waals surface area contributed by atoms with E-state index in [9.17, 15) is 9.59 Å². The highest BCUT2D eigenvalue weighted by Crippen LogP contribution is 2.19. The van der Waals surface area contributed by atoms with Crippen molar-refractivity contribution in [3.8, 4) is 0 Å². The number of aromatic nitrogens is 2. The van der Waals surface area contributed by atoms with E-state index in [1.54, 1.807) is 20.8 Å². The number of aromatic amines is 1. The molecular weight excluding hydrogens is 300 g/mol. The van der Waals surface area contributed by atoms with Crippen LogP contribution in [0.5, 0.6) is 0 Å². The van der Waals surface area contributed by atoms with E-state index in [2.05, 4.69) is 42.3 Å². The van der Waals surface area contributed by atoms with Gasteiger partial charge in [0.15, 0.2) is 0 Å². The van der Waals surface area contributed by atoms with Gasteiger partial charge in [0.1, 0.15) is 5.84 Å². The van der Waals surface area contributed by atoms with Crippen LogP contribution in [0.3, 0.4) is 0 Å². The van der Waals surface area contributed by atoms with E-state index in [0.717, 1.165) is 10.6 Å². The molecule has 23 heavy (non-hydrogen) atoms. The maximum absolute atomic E-state index is 10.9. The zero-order valence-corrected chi connectivity index (χ0v) is 13.2. The molecule has 0 atom stereocenters. The number of amidine groups is 1. The van der Waals surface area contributed by atoms with Crippen LogP contribution in [0.1, 0.15) is 56.4 Å². The quantitative estimate of drug-likeness (QED) is 0.761. The van der Waals surface area contributed by atoms with Crippen molar-refractivity contribution in [3.63, 3.8) is 0 Å². The van der Waals surface area contributed by atoms with Gasteiger partial charge in [-0.25, -0.2) is 20.1 Å². The van der Waals surface area contributed by atoms with E-state index >= 15 is 0 Å². The molecule has 0 saturated heterocycles. The van der Waals surface area contributed by atoms with Gasteiger partial charge in [-0.1, -0.05) is 35.6 Å². The maximum Gasteiger partial charge on any atom is 0.440 e. The van der Waals surface area contributed by atoms with Crippen molar-refractivity contribution in [2.45, 2.75) is 61.9 Å². The van der Waals surface area contributed by atoms with Crippen LogP contribution in [0.25, 0.3) is 0 Å². The molecule has 0 aromatic carbocycles. The Morgan fingerprint density at radius 3 is 1.78 bits per heavy atom. The summed E-state index contributed by atoms with van der Waals surface area (Å²) in [7, 11) is 0. The Morgan fingerprint density at radius 2 is 1.61 bits per heavy atom. The number of hydrogen-bond donors (Lipinski definition) is 2. The van der Waals surface area contributed by atoms with Gasteiger partial charge in [-0.3, -0.25) is 0 Å². The van der Waals surface area contributed by atoms with Gasteiger partial charge in [-0.2, -0.15) is 4.99 Å². The molecule has 0 saturated carbocycles. The Kier molecular flexibility index (Phi) is 7.85. The SMILES string of the molecule is C.C.C=C1N=C(C(C)(C)C)NO1.CC(C)(C)n1oc(=O)[nH]c1=O. The first-order chi connectivity index (χ1) is 9.41. The second kappa shape index (κ2) is 7.85. The third-order valence-electron chi connectivity index (χ3n) is 2.39. The lowest BCUT2D eigenvalue weighted by molar-refractivity contribution is 0.147. The minimum atomic E-state index is -0.718. The van der Waals surface area contributed by atoms with Crippen LogP contribution >= 0.6 is 0 Å². The fourth-order valence-corrected chi connectivity index (χ4v) is 1.33. The molecule has 134 valence electrons. The molecule has 0 unspecified atom stereocenters. The van der Waals surface area contributed by atoms with Crippen LogP contribution in [-0.4, -0.2) is 15.6 Å². The molecular formula is C15H30N4O4. The molecule has 8 nitrogen and oxygen atoms in total. The van der Waals surface area contributed by atoms with Gasteiger partial charge >= 0.3 is 11.4 Å². The summed E-state index contributed by atoms with van der Waals surface area (Å²) in [5.74, 6) is 0.548. The molecule has 0 spiro atoms. The molecule has 0 amide bonds. The Morgan fingerprint density at radius 1 is 1.09 bits per heavy atom. The van der Waals surface area contributed by atoms with Crippen molar-refractivity contribution in [2.24, 2.45) is 10.4 Å². The number of hydroxylamine groups is 1. The van der Waals surface area contributed by atoms with Gasteiger partial charge in [0.25, 0.3) is 0 Å². The predicted molar refractivity (Wildman–Crippen MR) is 92.3 cm³/mol. The zero-order valence-electron chi connectivity index (χ0n) is 13.2. The largest absolute Gasteiger partial charge is 0.440 e. The summed E-state index contributed by atoms with van der Waals surface area (Å²) >= 11 is 0. The van der Waals surface area contributed by atoms with Crippen LogP contribution in [0.15, 0.2) is 31.6 Å². The lowest BCUT2D eigenvalue weighted by atomic mass is 9.95. The van der Waals surface area contributed by atoms with Crippen molar-refractivity contribution >= 4 is 5.84 Å². The highest BCUT2D eigenvalue weighted by Gasteiger charge is 2.23. The van der Waals surface area contributed by atoms with Gasteiger partial charge in [0.2, 0.25) is 5.88 Å². The third-order valence-corrected chi connectivity index (χ3v) is 2.39. The van der Waals surface area contributed by atoms with Crippen LogP contribution < -0.4 is 16.9 Å². The number of hydrogen-bond acceptors (Lipinski definition) is 6. The summed E-state index contributed by atoms with van der Waals surface area (Å²) in [6, 6.07) is 0. The normalized spacial score (nSPS) is 13.5. The summed E-state index contributed by atoms with van der Waals surface area (Å²) in [5.41, 5.74) is 1.71. The maximum atomic E-state index is 10.9. The fourth-order valence-electron chi connectivity index (χ4n) is 1.33. The molecule has 1 aromatic heterocycles. The van der Waals surface area contributed by atoms with Crippen LogP contribution in [-0.2, 0) is 10.4 Å². The lowest BCUT2D eigenvalue weighted by Crippen LogP contribution is -2.31. The second-order valence-electron chi connectivity index (χ2n) is 6.58. The second-order valence-corrected chi connectivity index (χ2v) is 6.58. The number of nitrogens with zero attached hydrogens (tertiary/aromatic N) is 2. The summed E-state index contributed by atoms with van der Waals surface area (Å²) in [6.45, 7) is 15.0. The summed E-state index contributed by atoms with van der Waals surface area (Å²) in [4.78, 5) is 32.3. The van der Waals surface area contributed by atoms with E-state index in [1.807, 2.05) is 4.98 Å². The summed E-state index contributed by atoms with van der Waals surface area (Å²) in [5, 5.41) is 0. The standard InChI is InChI=1S/C7H12N2O.C6H10N2O3.2CH4/c1-5-8-6(9-10-5)7(2,3)4;1-6(2,3)8-4(9)7-5(10)11-8;;/h1H2,2-4H3,(H,8,9);1-3H3,(H,7,9,10);2*1H4. The molecule has 2 heterocycles. The first kappa shape index (κ1) is 23.0. The molecule has 0 bridgehead atoms. The van der Waals surface area contributed by atoms with E-state index in [0.29, 0.717) is 5.88 Å². The first-order valence-electron chi connectivity index (χ1n) is 6.45. The summed E-state index contributed by atoms with van der Waals surface area (Å²) < 4.78 is 5.58. The number of aliphatic imine (C=N–C) groups is 1. The predicted octanol–water partition coefficient (Wildman–Crippen LogP) is 2.59. The molecule has 2 N–H and O–H groups in total. The van der Waals surface area contributed by atoms with Crippen molar-refractivity contribution in [2.75, 3.05) is 0 Å². The molecule has 8 heteroatoms. The van der Waals surface area contributed by atoms with Crippen LogP contribution in [0.4, 0.5) is 0 Å². The Labute approximate surface area is 137 Å². The number of nitrogens with one attached hydrogen (secondary N) is 2. The van der Waals surface area contributed by atoms with E-state index in [-0.39, 0.29) is 20.3 Å². The number of H-pyrrole nitrogens is 1. The molecule has 2 rings (SSSR count). The minimum absolute atomic E-state index is 0. The molecule has 1 aromatic rings. The molecule has 0 fully saturated rings. The monoisotopic (exact) mass is 330 g/mol. The van der Waals surface area contributed by atoms with E-state index in [4.69, 9.17) is 4.84 Å². The smallest absolute Gasteiger partial charge is 0.361 e. The van der Waals surface area contributed by atoms with Crippen molar-refractivity contribution in [1.29, 1.82) is 0 Å². The molecule has 1 aliphatic rings. The van der Waals surface area contributed by atoms with Crippen molar-refractivity contribution < 1.29 is 9.36 Å². The van der Waals surface area contributed by atoms with Gasteiger partial charge in [-0.05, 0) is 27.4 Å². The first-order valence-corrected chi connectivity index (χ1v) is 6.45. The zero-order chi connectivity index (χ0) is 16.4. The van der Waals surface area contributed by atoms with Crippen molar-refractivity contribution in [3.05, 3.63) is 33.5 Å². The average molecular weight is 330 g/mol. The highest BCUT2D eigenvalue weighted by molar-refractivity contribution is 5.88.